The number of carbonyl (C=O) groups is 1. The van der Waals surface area contributed by atoms with Crippen molar-refractivity contribution in [2.24, 2.45) is 0 Å². The molecule has 0 fully saturated rings. The molecule has 168 valence electrons. The molecule has 8 nitrogen and oxygen atoms in total. The van der Waals surface area contributed by atoms with Crippen LogP contribution in [-0.4, -0.2) is 21.1 Å². The fraction of sp³-hybridized carbons (Fsp3) is 0. The van der Waals surface area contributed by atoms with E-state index in [1.807, 2.05) is 54.6 Å². The molecule has 2 heterocycles. The Morgan fingerprint density at radius 3 is 2.43 bits per heavy atom. The lowest BCUT2D eigenvalue weighted by molar-refractivity contribution is 0.102. The van der Waals surface area contributed by atoms with Crippen molar-refractivity contribution >= 4 is 45.2 Å². The Morgan fingerprint density at radius 2 is 1.63 bits per heavy atom. The third kappa shape index (κ3) is 5.05. The number of nitriles is 1. The van der Waals surface area contributed by atoms with Crippen molar-refractivity contribution in [2.75, 3.05) is 16.0 Å². The average molecular weight is 457 g/mol. The zero-order valence-electron chi connectivity index (χ0n) is 18.4. The van der Waals surface area contributed by atoms with Crippen LogP contribution in [0.15, 0.2) is 97.5 Å². The highest BCUT2D eigenvalue weighted by Crippen LogP contribution is 2.26. The smallest absolute Gasteiger partial charge is 0.255 e. The highest BCUT2D eigenvalue weighted by molar-refractivity contribution is 6.04. The minimum Gasteiger partial charge on any atom is -0.355 e. The van der Waals surface area contributed by atoms with E-state index < -0.39 is 0 Å². The Labute approximate surface area is 201 Å². The molecular formula is C27H19N7O. The summed E-state index contributed by atoms with van der Waals surface area (Å²) in [4.78, 5) is 17.1. The van der Waals surface area contributed by atoms with Gasteiger partial charge in [-0.2, -0.15) is 15.5 Å². The van der Waals surface area contributed by atoms with Gasteiger partial charge in [0.2, 0.25) is 0 Å². The lowest BCUT2D eigenvalue weighted by Crippen LogP contribution is -2.11. The Kier molecular flexibility index (Phi) is 5.96. The Balaban J connectivity index is 1.28. The summed E-state index contributed by atoms with van der Waals surface area (Å²) in [5, 5.41) is 27.2. The third-order valence-electron chi connectivity index (χ3n) is 5.29. The van der Waals surface area contributed by atoms with Gasteiger partial charge in [0.25, 0.3) is 5.91 Å². The van der Waals surface area contributed by atoms with Gasteiger partial charge >= 0.3 is 0 Å². The minimum atomic E-state index is -0.215. The predicted octanol–water partition coefficient (Wildman–Crippen LogP) is 5.64. The molecule has 0 aliphatic heterocycles. The van der Waals surface area contributed by atoms with Crippen molar-refractivity contribution in [1.82, 2.24) is 15.2 Å². The number of carbonyl (C=O) groups excluding carboxylic acids is 1. The predicted molar refractivity (Wildman–Crippen MR) is 136 cm³/mol. The maximum absolute atomic E-state index is 12.8. The number of amides is 1. The quantitative estimate of drug-likeness (QED) is 0.302. The number of fused-ring (bicyclic) bond motifs is 1. The first-order chi connectivity index (χ1) is 17.2. The molecule has 3 N–H and O–H groups in total. The van der Waals surface area contributed by atoms with E-state index in [1.54, 1.807) is 42.9 Å². The SMILES string of the molecule is N#Cc1ccc2nccc(Nc3ccc(C(=O)Nc4cccc(Nc5ccnnc5)c4)cc3)c2c1. The number of aromatic nitrogens is 3. The van der Waals surface area contributed by atoms with Crippen LogP contribution in [-0.2, 0) is 0 Å². The Bertz CT molecular complexity index is 1540. The van der Waals surface area contributed by atoms with Crippen LogP contribution in [0.25, 0.3) is 10.9 Å². The molecule has 0 saturated carbocycles. The molecule has 35 heavy (non-hydrogen) atoms. The first-order valence-corrected chi connectivity index (χ1v) is 10.8. The molecule has 3 aromatic carbocycles. The van der Waals surface area contributed by atoms with Gasteiger partial charge in [0.15, 0.2) is 0 Å². The van der Waals surface area contributed by atoms with Crippen molar-refractivity contribution in [1.29, 1.82) is 5.26 Å². The number of benzene rings is 3. The van der Waals surface area contributed by atoms with Crippen molar-refractivity contribution in [2.45, 2.75) is 0 Å². The van der Waals surface area contributed by atoms with Gasteiger partial charge in [-0.1, -0.05) is 6.07 Å². The van der Waals surface area contributed by atoms with Crippen molar-refractivity contribution < 1.29 is 4.79 Å². The largest absolute Gasteiger partial charge is 0.355 e. The number of hydrogen-bond acceptors (Lipinski definition) is 7. The van der Waals surface area contributed by atoms with Crippen LogP contribution in [0.2, 0.25) is 0 Å². The number of hydrogen-bond donors (Lipinski definition) is 3. The summed E-state index contributed by atoms with van der Waals surface area (Å²) in [7, 11) is 0. The molecule has 1 amide bonds. The van der Waals surface area contributed by atoms with Gasteiger partial charge in [-0.25, -0.2) is 0 Å². The van der Waals surface area contributed by atoms with Crippen LogP contribution in [0.1, 0.15) is 15.9 Å². The lowest BCUT2D eigenvalue weighted by atomic mass is 10.1. The van der Waals surface area contributed by atoms with E-state index in [-0.39, 0.29) is 5.91 Å². The molecule has 0 saturated heterocycles. The molecule has 0 spiro atoms. The van der Waals surface area contributed by atoms with Crippen LogP contribution >= 0.6 is 0 Å². The lowest BCUT2D eigenvalue weighted by Gasteiger charge is -2.11. The molecule has 0 aliphatic rings. The minimum absolute atomic E-state index is 0.215. The van der Waals surface area contributed by atoms with Crippen LogP contribution < -0.4 is 16.0 Å². The second-order valence-electron chi connectivity index (χ2n) is 7.70. The molecule has 2 aromatic heterocycles. The monoisotopic (exact) mass is 457 g/mol. The summed E-state index contributed by atoms with van der Waals surface area (Å²) in [6, 6.07) is 25.8. The van der Waals surface area contributed by atoms with Gasteiger partial charge in [0, 0.05) is 39.9 Å². The average Bonchev–Trinajstić information content (AvgIpc) is 2.90. The number of pyridine rings is 1. The Hall–Kier alpha value is -5.29. The summed E-state index contributed by atoms with van der Waals surface area (Å²) in [6.07, 6.45) is 4.94. The molecule has 5 rings (SSSR count). The number of nitrogens with one attached hydrogen (secondary N) is 3. The highest BCUT2D eigenvalue weighted by atomic mass is 16.1. The van der Waals surface area contributed by atoms with Gasteiger partial charge in [-0.15, -0.1) is 0 Å². The molecule has 0 atom stereocenters. The summed E-state index contributed by atoms with van der Waals surface area (Å²) >= 11 is 0. The van der Waals surface area contributed by atoms with E-state index in [1.165, 1.54) is 0 Å². The highest BCUT2D eigenvalue weighted by Gasteiger charge is 2.08. The molecule has 0 unspecified atom stereocenters. The normalized spacial score (nSPS) is 10.4. The second-order valence-corrected chi connectivity index (χ2v) is 7.70. The van der Waals surface area contributed by atoms with Crippen LogP contribution in [0.3, 0.4) is 0 Å². The van der Waals surface area contributed by atoms with E-state index in [9.17, 15) is 10.1 Å². The zero-order valence-corrected chi connectivity index (χ0v) is 18.4. The van der Waals surface area contributed by atoms with Crippen molar-refractivity contribution in [3.05, 3.63) is 109 Å². The molecular weight excluding hydrogens is 438 g/mol. The molecule has 0 bridgehead atoms. The first-order valence-electron chi connectivity index (χ1n) is 10.8. The van der Waals surface area contributed by atoms with E-state index in [2.05, 4.69) is 37.2 Å². The third-order valence-corrected chi connectivity index (χ3v) is 5.29. The Morgan fingerprint density at radius 1 is 0.771 bits per heavy atom. The van der Waals surface area contributed by atoms with Crippen molar-refractivity contribution in [3.63, 3.8) is 0 Å². The van der Waals surface area contributed by atoms with Gasteiger partial charge in [0.05, 0.1) is 35.2 Å². The van der Waals surface area contributed by atoms with E-state index in [4.69, 9.17) is 0 Å². The van der Waals surface area contributed by atoms with E-state index >= 15 is 0 Å². The number of anilines is 5. The molecule has 0 aliphatic carbocycles. The van der Waals surface area contributed by atoms with Crippen LogP contribution in [0, 0.1) is 11.3 Å². The molecule has 0 radical (unpaired) electrons. The summed E-state index contributed by atoms with van der Waals surface area (Å²) in [5.41, 5.74) is 5.82. The van der Waals surface area contributed by atoms with Crippen molar-refractivity contribution in [3.8, 4) is 6.07 Å². The van der Waals surface area contributed by atoms with E-state index in [0.29, 0.717) is 16.8 Å². The van der Waals surface area contributed by atoms with Crippen LogP contribution in [0.4, 0.5) is 28.4 Å². The maximum Gasteiger partial charge on any atom is 0.255 e. The van der Waals surface area contributed by atoms with Gasteiger partial charge in [0.1, 0.15) is 0 Å². The number of rotatable bonds is 6. The topological polar surface area (TPSA) is 116 Å². The fourth-order valence-corrected chi connectivity index (χ4v) is 3.59. The summed E-state index contributed by atoms with van der Waals surface area (Å²) in [5.74, 6) is -0.215. The molecule has 5 aromatic rings. The maximum atomic E-state index is 12.8. The number of nitrogens with zero attached hydrogens (tertiary/aromatic N) is 4. The summed E-state index contributed by atoms with van der Waals surface area (Å²) < 4.78 is 0. The van der Waals surface area contributed by atoms with E-state index in [0.717, 1.165) is 33.7 Å². The standard InChI is InChI=1S/C27H19N7O/c28-16-18-4-9-25-24(14-18)26(11-12-29-25)33-20-7-5-19(6-8-20)27(35)34-22-3-1-2-21(15-22)32-23-10-13-30-31-17-23/h1-15,17H,(H,29,33)(H,30,32)(H,34,35). The first kappa shape index (κ1) is 21.6. The second kappa shape index (κ2) is 9.68. The van der Waals surface area contributed by atoms with Gasteiger partial charge in [-0.3, -0.25) is 9.78 Å². The van der Waals surface area contributed by atoms with Gasteiger partial charge < -0.3 is 16.0 Å². The fourth-order valence-electron chi connectivity index (χ4n) is 3.59. The van der Waals surface area contributed by atoms with Gasteiger partial charge in [-0.05, 0) is 72.8 Å². The molecule has 8 heteroatoms. The zero-order chi connectivity index (χ0) is 24.0. The van der Waals surface area contributed by atoms with Crippen LogP contribution in [0.5, 0.6) is 0 Å². The summed E-state index contributed by atoms with van der Waals surface area (Å²) in [6.45, 7) is 0.